The van der Waals surface area contributed by atoms with Crippen LogP contribution in [0.15, 0.2) is 71.6 Å². The summed E-state index contributed by atoms with van der Waals surface area (Å²) in [4.78, 5) is 13.8. The number of nitrogens with zero attached hydrogens (tertiary/aromatic N) is 1. The quantitative estimate of drug-likeness (QED) is 0.459. The molecule has 0 atom stereocenters. The minimum absolute atomic E-state index is 0.00394. The second-order valence-corrected chi connectivity index (χ2v) is 9.03. The molecule has 168 valence electrons. The minimum atomic E-state index is -3.99. The van der Waals surface area contributed by atoms with Gasteiger partial charge in [0, 0.05) is 18.8 Å². The average Bonchev–Trinajstić information content (AvgIpc) is 2.78. The molecule has 0 aliphatic carbocycles. The number of carbonyl (C=O) groups is 1. The number of ether oxygens (including phenoxy) is 1. The summed E-state index contributed by atoms with van der Waals surface area (Å²) in [6.07, 6.45) is 0. The highest BCUT2D eigenvalue weighted by Crippen LogP contribution is 2.30. The van der Waals surface area contributed by atoms with E-state index in [1.165, 1.54) is 37.4 Å². The largest absolute Gasteiger partial charge is 0.495 e. The van der Waals surface area contributed by atoms with E-state index >= 15 is 0 Å². The number of rotatable bonds is 9. The molecular formula is C23H23ClN2O5S. The van der Waals surface area contributed by atoms with E-state index in [4.69, 9.17) is 16.3 Å². The van der Waals surface area contributed by atoms with Crippen LogP contribution in [0.4, 0.5) is 11.4 Å². The monoisotopic (exact) mass is 474 g/mol. The van der Waals surface area contributed by atoms with Crippen molar-refractivity contribution in [2.24, 2.45) is 0 Å². The summed E-state index contributed by atoms with van der Waals surface area (Å²) in [5.41, 5.74) is 1.66. The van der Waals surface area contributed by atoms with Crippen LogP contribution in [0.3, 0.4) is 0 Å². The van der Waals surface area contributed by atoms with Gasteiger partial charge in [-0.2, -0.15) is 0 Å². The number of hydrogen-bond acceptors (Lipinski definition) is 5. The fourth-order valence-corrected chi connectivity index (χ4v) is 4.64. The second kappa shape index (κ2) is 9.93. The van der Waals surface area contributed by atoms with E-state index in [-0.39, 0.29) is 21.2 Å². The van der Waals surface area contributed by atoms with Gasteiger partial charge in [0.25, 0.3) is 10.0 Å². The second-order valence-electron chi connectivity index (χ2n) is 6.94. The van der Waals surface area contributed by atoms with Gasteiger partial charge >= 0.3 is 5.97 Å². The molecule has 0 saturated heterocycles. The lowest BCUT2D eigenvalue weighted by molar-refractivity contribution is 0.0697. The first-order valence-electron chi connectivity index (χ1n) is 9.77. The molecule has 0 aliphatic heterocycles. The summed E-state index contributed by atoms with van der Waals surface area (Å²) in [7, 11) is -2.56. The number of benzene rings is 3. The van der Waals surface area contributed by atoms with E-state index < -0.39 is 16.0 Å². The van der Waals surface area contributed by atoms with Crippen molar-refractivity contribution in [3.05, 3.63) is 82.9 Å². The van der Waals surface area contributed by atoms with Crippen molar-refractivity contribution < 1.29 is 23.1 Å². The topological polar surface area (TPSA) is 95.9 Å². The maximum Gasteiger partial charge on any atom is 0.337 e. The van der Waals surface area contributed by atoms with Crippen molar-refractivity contribution in [2.45, 2.75) is 18.4 Å². The molecule has 3 aromatic rings. The normalized spacial score (nSPS) is 11.1. The van der Waals surface area contributed by atoms with E-state index in [1.54, 1.807) is 6.07 Å². The van der Waals surface area contributed by atoms with Crippen LogP contribution in [0, 0.1) is 0 Å². The molecule has 0 fully saturated rings. The number of hydrogen-bond donors (Lipinski definition) is 2. The van der Waals surface area contributed by atoms with Gasteiger partial charge in [-0.3, -0.25) is 4.72 Å². The first-order valence-corrected chi connectivity index (χ1v) is 11.6. The van der Waals surface area contributed by atoms with Gasteiger partial charge in [-0.25, -0.2) is 13.2 Å². The molecule has 0 saturated carbocycles. The zero-order chi connectivity index (χ0) is 23.3. The van der Waals surface area contributed by atoms with E-state index in [2.05, 4.69) is 4.72 Å². The molecule has 0 aliphatic rings. The first kappa shape index (κ1) is 23.4. The van der Waals surface area contributed by atoms with Crippen molar-refractivity contribution >= 4 is 39.0 Å². The fourth-order valence-electron chi connectivity index (χ4n) is 3.25. The van der Waals surface area contributed by atoms with E-state index in [9.17, 15) is 18.3 Å². The third-order valence-corrected chi connectivity index (χ3v) is 6.53. The van der Waals surface area contributed by atoms with Gasteiger partial charge in [0.1, 0.15) is 5.75 Å². The molecule has 7 nitrogen and oxygen atoms in total. The van der Waals surface area contributed by atoms with E-state index in [0.29, 0.717) is 24.5 Å². The molecule has 32 heavy (non-hydrogen) atoms. The van der Waals surface area contributed by atoms with Crippen molar-refractivity contribution in [2.75, 3.05) is 23.3 Å². The SMILES string of the molecule is CCN(Cc1ccccc1)c1ccc(NS(=O)(=O)c2ccc(OC)c(Cl)c2)cc1C(=O)O. The van der Waals surface area contributed by atoms with Crippen LogP contribution in [0.1, 0.15) is 22.8 Å². The molecule has 0 heterocycles. The van der Waals surface area contributed by atoms with Crippen LogP contribution in [0.2, 0.25) is 5.02 Å². The summed E-state index contributed by atoms with van der Waals surface area (Å²) in [6, 6.07) is 18.2. The predicted molar refractivity (Wildman–Crippen MR) is 125 cm³/mol. The molecule has 0 spiro atoms. The summed E-state index contributed by atoms with van der Waals surface area (Å²) < 4.78 is 33.0. The Morgan fingerprint density at radius 3 is 2.41 bits per heavy atom. The maximum absolute atomic E-state index is 12.8. The third-order valence-electron chi connectivity index (χ3n) is 4.85. The van der Waals surface area contributed by atoms with Crippen molar-refractivity contribution in [1.29, 1.82) is 0 Å². The Kier molecular flexibility index (Phi) is 7.27. The Morgan fingerprint density at radius 2 is 1.81 bits per heavy atom. The minimum Gasteiger partial charge on any atom is -0.495 e. The lowest BCUT2D eigenvalue weighted by Crippen LogP contribution is -2.24. The molecule has 0 unspecified atom stereocenters. The standard InChI is InChI=1S/C23H23ClN2O5S/c1-3-26(15-16-7-5-4-6-8-16)21-11-9-17(13-19(21)23(27)28)25-32(29,30)18-10-12-22(31-2)20(24)14-18/h4-14,25H,3,15H2,1-2H3,(H,27,28). The number of sulfonamides is 1. The Hall–Kier alpha value is -3.23. The van der Waals surface area contributed by atoms with Crippen molar-refractivity contribution in [1.82, 2.24) is 0 Å². The van der Waals surface area contributed by atoms with Crippen LogP contribution >= 0.6 is 11.6 Å². The number of anilines is 2. The van der Waals surface area contributed by atoms with Crippen LogP contribution in [0.5, 0.6) is 5.75 Å². The van der Waals surface area contributed by atoms with Gasteiger partial charge in [0.15, 0.2) is 0 Å². The maximum atomic E-state index is 12.8. The van der Waals surface area contributed by atoms with Gasteiger partial charge in [-0.15, -0.1) is 0 Å². The zero-order valence-corrected chi connectivity index (χ0v) is 19.2. The van der Waals surface area contributed by atoms with Gasteiger partial charge < -0.3 is 14.7 Å². The fraction of sp³-hybridized carbons (Fsp3) is 0.174. The Labute approximate surface area is 192 Å². The smallest absolute Gasteiger partial charge is 0.337 e. The Morgan fingerprint density at radius 1 is 1.09 bits per heavy atom. The number of carboxylic acid groups (broad SMARTS) is 1. The molecule has 3 rings (SSSR count). The highest BCUT2D eigenvalue weighted by Gasteiger charge is 2.20. The highest BCUT2D eigenvalue weighted by atomic mass is 35.5. The predicted octanol–water partition coefficient (Wildman–Crippen LogP) is 4.87. The number of methoxy groups -OCH3 is 1. The van der Waals surface area contributed by atoms with Gasteiger partial charge in [-0.1, -0.05) is 41.9 Å². The zero-order valence-electron chi connectivity index (χ0n) is 17.6. The summed E-state index contributed by atoms with van der Waals surface area (Å²) >= 11 is 6.04. The molecule has 9 heteroatoms. The molecule has 0 aromatic heterocycles. The molecule has 2 N–H and O–H groups in total. The molecule has 0 amide bonds. The molecule has 0 radical (unpaired) electrons. The van der Waals surface area contributed by atoms with Crippen LogP contribution in [0.25, 0.3) is 0 Å². The molecule has 0 bridgehead atoms. The summed E-state index contributed by atoms with van der Waals surface area (Å²) in [6.45, 7) is 3.02. The van der Waals surface area contributed by atoms with Crippen LogP contribution in [-0.2, 0) is 16.6 Å². The third kappa shape index (κ3) is 5.33. The Balaban J connectivity index is 1.91. The molecule has 3 aromatic carbocycles. The van der Waals surface area contributed by atoms with Crippen molar-refractivity contribution in [3.63, 3.8) is 0 Å². The van der Waals surface area contributed by atoms with Crippen molar-refractivity contribution in [3.8, 4) is 5.75 Å². The van der Waals surface area contributed by atoms with E-state index in [1.807, 2.05) is 42.2 Å². The number of nitrogens with one attached hydrogen (secondary N) is 1. The lowest BCUT2D eigenvalue weighted by Gasteiger charge is -2.25. The van der Waals surface area contributed by atoms with Crippen LogP contribution in [-0.4, -0.2) is 33.1 Å². The summed E-state index contributed by atoms with van der Waals surface area (Å²) in [5, 5.41) is 9.92. The van der Waals surface area contributed by atoms with Gasteiger partial charge in [0.2, 0.25) is 0 Å². The van der Waals surface area contributed by atoms with Gasteiger partial charge in [0.05, 0.1) is 28.3 Å². The number of aromatic carboxylic acids is 1. The van der Waals surface area contributed by atoms with Gasteiger partial charge in [-0.05, 0) is 48.9 Å². The lowest BCUT2D eigenvalue weighted by atomic mass is 10.1. The number of halogens is 1. The number of carboxylic acids is 1. The van der Waals surface area contributed by atoms with Crippen LogP contribution < -0.4 is 14.4 Å². The molecular weight excluding hydrogens is 452 g/mol. The highest BCUT2D eigenvalue weighted by molar-refractivity contribution is 7.92. The first-order chi connectivity index (χ1) is 15.2. The van der Waals surface area contributed by atoms with E-state index in [0.717, 1.165) is 5.56 Å². The summed E-state index contributed by atoms with van der Waals surface area (Å²) in [5.74, 6) is -0.804. The average molecular weight is 475 g/mol. The Bertz CT molecular complexity index is 1220.